The molecule has 1 N–H and O–H groups in total. The fourth-order valence-corrected chi connectivity index (χ4v) is 3.11. The van der Waals surface area contributed by atoms with Gasteiger partial charge in [0.25, 0.3) is 5.91 Å². The molecule has 1 saturated heterocycles. The Hall–Kier alpha value is -2.01. The first kappa shape index (κ1) is 15.9. The van der Waals surface area contributed by atoms with E-state index in [1.54, 1.807) is 0 Å². The zero-order valence-corrected chi connectivity index (χ0v) is 13.8. The highest BCUT2D eigenvalue weighted by Crippen LogP contribution is 2.23. The summed E-state index contributed by atoms with van der Waals surface area (Å²) in [6.45, 7) is 6.85. The van der Waals surface area contributed by atoms with E-state index in [1.165, 1.54) is 0 Å². The van der Waals surface area contributed by atoms with E-state index in [0.717, 1.165) is 49.2 Å². The van der Waals surface area contributed by atoms with E-state index < -0.39 is 0 Å². The number of benzene rings is 1. The molecule has 2 heterocycles. The first-order valence-electron chi connectivity index (χ1n) is 8.37. The van der Waals surface area contributed by atoms with E-state index in [4.69, 9.17) is 9.47 Å². The van der Waals surface area contributed by atoms with E-state index in [1.807, 2.05) is 43.0 Å². The van der Waals surface area contributed by atoms with Crippen LogP contribution in [-0.2, 0) is 4.74 Å². The topological polar surface area (TPSA) is 54.6 Å². The second-order valence-corrected chi connectivity index (χ2v) is 5.81. The van der Waals surface area contributed by atoms with Gasteiger partial charge in [-0.15, -0.1) is 0 Å². The average molecular weight is 316 g/mol. The Morgan fingerprint density at radius 1 is 1.22 bits per heavy atom. The molecular weight excluding hydrogens is 292 g/mol. The third-order valence-corrected chi connectivity index (χ3v) is 4.27. The molecule has 0 atom stereocenters. The van der Waals surface area contributed by atoms with Gasteiger partial charge >= 0.3 is 0 Å². The molecule has 2 aromatic rings. The number of piperidine rings is 1. The van der Waals surface area contributed by atoms with Crippen LogP contribution >= 0.6 is 0 Å². The van der Waals surface area contributed by atoms with E-state index >= 15 is 0 Å². The van der Waals surface area contributed by atoms with Crippen molar-refractivity contribution < 1.29 is 14.3 Å². The van der Waals surface area contributed by atoms with Crippen LogP contribution in [0, 0.1) is 0 Å². The Balaban J connectivity index is 1.71. The second-order valence-electron chi connectivity index (χ2n) is 5.81. The minimum atomic E-state index is 0.0640. The average Bonchev–Trinajstić information content (AvgIpc) is 2.99. The molecular formula is C18H24N2O3. The summed E-state index contributed by atoms with van der Waals surface area (Å²) < 4.78 is 11.1. The van der Waals surface area contributed by atoms with Crippen LogP contribution in [0.3, 0.4) is 0 Å². The number of nitrogens with one attached hydrogen (secondary N) is 1. The fourth-order valence-electron chi connectivity index (χ4n) is 3.11. The van der Waals surface area contributed by atoms with E-state index in [0.29, 0.717) is 18.4 Å². The molecule has 5 heteroatoms. The van der Waals surface area contributed by atoms with Gasteiger partial charge in [0, 0.05) is 36.7 Å². The molecule has 1 aliphatic rings. The van der Waals surface area contributed by atoms with Crippen LogP contribution in [0.5, 0.6) is 5.75 Å². The quantitative estimate of drug-likeness (QED) is 0.921. The van der Waals surface area contributed by atoms with Crippen molar-refractivity contribution in [1.29, 1.82) is 0 Å². The van der Waals surface area contributed by atoms with Gasteiger partial charge in [0.15, 0.2) is 0 Å². The summed E-state index contributed by atoms with van der Waals surface area (Å²) in [6.07, 6.45) is 2.11. The summed E-state index contributed by atoms with van der Waals surface area (Å²) in [5.74, 6) is 0.882. The van der Waals surface area contributed by atoms with Gasteiger partial charge < -0.3 is 19.4 Å². The number of aromatic amines is 1. The summed E-state index contributed by atoms with van der Waals surface area (Å²) >= 11 is 0. The number of aromatic nitrogens is 1. The molecule has 124 valence electrons. The lowest BCUT2D eigenvalue weighted by Gasteiger charge is -2.31. The Kier molecular flexibility index (Phi) is 4.86. The molecule has 0 bridgehead atoms. The molecule has 1 amide bonds. The van der Waals surface area contributed by atoms with Gasteiger partial charge in [-0.05, 0) is 44.9 Å². The summed E-state index contributed by atoms with van der Waals surface area (Å²) in [7, 11) is 0. The third kappa shape index (κ3) is 3.50. The van der Waals surface area contributed by atoms with Crippen molar-refractivity contribution in [3.8, 4) is 5.75 Å². The molecule has 0 radical (unpaired) electrons. The largest absolute Gasteiger partial charge is 0.494 e. The van der Waals surface area contributed by atoms with Crippen molar-refractivity contribution in [2.24, 2.45) is 0 Å². The number of nitrogens with zero attached hydrogens (tertiary/aromatic N) is 1. The number of carbonyl (C=O) groups is 1. The Labute approximate surface area is 136 Å². The maximum Gasteiger partial charge on any atom is 0.270 e. The highest BCUT2D eigenvalue weighted by atomic mass is 16.5. The number of hydrogen-bond acceptors (Lipinski definition) is 3. The molecule has 1 aromatic carbocycles. The fraction of sp³-hybridized carbons (Fsp3) is 0.500. The number of ether oxygens (including phenoxy) is 2. The lowest BCUT2D eigenvalue weighted by molar-refractivity contribution is 0.0144. The maximum atomic E-state index is 12.7. The van der Waals surface area contributed by atoms with Gasteiger partial charge in [0.1, 0.15) is 11.4 Å². The van der Waals surface area contributed by atoms with Gasteiger partial charge in [0.05, 0.1) is 12.7 Å². The normalized spacial score (nSPS) is 16.0. The van der Waals surface area contributed by atoms with Gasteiger partial charge in [-0.2, -0.15) is 0 Å². The van der Waals surface area contributed by atoms with Crippen molar-refractivity contribution in [1.82, 2.24) is 9.88 Å². The molecule has 1 fully saturated rings. The number of carbonyl (C=O) groups excluding carboxylic acids is 1. The lowest BCUT2D eigenvalue weighted by Crippen LogP contribution is -2.41. The first-order valence-corrected chi connectivity index (χ1v) is 8.37. The van der Waals surface area contributed by atoms with Crippen molar-refractivity contribution in [3.05, 3.63) is 30.0 Å². The molecule has 0 spiro atoms. The maximum absolute atomic E-state index is 12.7. The highest BCUT2D eigenvalue weighted by molar-refractivity contribution is 5.98. The Morgan fingerprint density at radius 3 is 2.70 bits per heavy atom. The molecule has 3 rings (SSSR count). The van der Waals surface area contributed by atoms with Gasteiger partial charge in [-0.1, -0.05) is 0 Å². The molecule has 1 aliphatic heterocycles. The number of hydrogen-bond donors (Lipinski definition) is 1. The summed E-state index contributed by atoms with van der Waals surface area (Å²) in [5.41, 5.74) is 1.58. The minimum Gasteiger partial charge on any atom is -0.494 e. The predicted molar refractivity (Wildman–Crippen MR) is 90.0 cm³/mol. The summed E-state index contributed by atoms with van der Waals surface area (Å²) in [5, 5.41) is 1.03. The van der Waals surface area contributed by atoms with E-state index in [-0.39, 0.29) is 5.91 Å². The van der Waals surface area contributed by atoms with Gasteiger partial charge in [0.2, 0.25) is 0 Å². The van der Waals surface area contributed by atoms with Crippen molar-refractivity contribution >= 4 is 16.8 Å². The van der Waals surface area contributed by atoms with Gasteiger partial charge in [-0.25, -0.2) is 0 Å². The molecule has 1 aromatic heterocycles. The van der Waals surface area contributed by atoms with Crippen LogP contribution in [0.15, 0.2) is 24.3 Å². The second kappa shape index (κ2) is 7.04. The van der Waals surface area contributed by atoms with E-state index in [2.05, 4.69) is 4.98 Å². The standard InChI is InChI=1S/C18H24N2O3/c1-3-22-14-7-9-20(10-8-14)18(21)17-11-13-5-6-15(23-4-2)12-16(13)19-17/h5-6,11-12,14,19H,3-4,7-10H2,1-2H3. The number of H-pyrrole nitrogens is 1. The van der Waals surface area contributed by atoms with Crippen molar-refractivity contribution in [2.45, 2.75) is 32.8 Å². The number of fused-ring (bicyclic) bond motifs is 1. The van der Waals surface area contributed by atoms with Crippen molar-refractivity contribution in [3.63, 3.8) is 0 Å². The monoisotopic (exact) mass is 316 g/mol. The highest BCUT2D eigenvalue weighted by Gasteiger charge is 2.24. The Bertz CT molecular complexity index is 672. The number of likely N-dealkylation sites (tertiary alicyclic amines) is 1. The molecule has 5 nitrogen and oxygen atoms in total. The van der Waals surface area contributed by atoms with Crippen LogP contribution in [0.2, 0.25) is 0 Å². The summed E-state index contributed by atoms with van der Waals surface area (Å²) in [4.78, 5) is 17.8. The Morgan fingerprint density at radius 2 is 2.00 bits per heavy atom. The van der Waals surface area contributed by atoms with Crippen LogP contribution < -0.4 is 4.74 Å². The predicted octanol–water partition coefficient (Wildman–Crippen LogP) is 3.21. The SMILES string of the molecule is CCOc1ccc2cc(C(=O)N3CCC(OCC)CC3)[nH]c2c1. The third-order valence-electron chi connectivity index (χ3n) is 4.27. The summed E-state index contributed by atoms with van der Waals surface area (Å²) in [6, 6.07) is 7.77. The molecule has 0 unspecified atom stereocenters. The van der Waals surface area contributed by atoms with Crippen LogP contribution in [0.1, 0.15) is 37.2 Å². The van der Waals surface area contributed by atoms with Crippen LogP contribution in [0.4, 0.5) is 0 Å². The zero-order chi connectivity index (χ0) is 16.2. The van der Waals surface area contributed by atoms with Gasteiger partial charge in [-0.3, -0.25) is 4.79 Å². The number of rotatable bonds is 5. The van der Waals surface area contributed by atoms with Crippen LogP contribution in [0.25, 0.3) is 10.9 Å². The number of amides is 1. The van der Waals surface area contributed by atoms with Crippen LogP contribution in [-0.4, -0.2) is 48.2 Å². The van der Waals surface area contributed by atoms with E-state index in [9.17, 15) is 4.79 Å². The molecule has 0 aliphatic carbocycles. The molecule has 0 saturated carbocycles. The smallest absolute Gasteiger partial charge is 0.270 e. The first-order chi connectivity index (χ1) is 11.2. The lowest BCUT2D eigenvalue weighted by atomic mass is 10.1. The van der Waals surface area contributed by atoms with Crippen molar-refractivity contribution in [2.75, 3.05) is 26.3 Å². The minimum absolute atomic E-state index is 0.0640. The zero-order valence-electron chi connectivity index (χ0n) is 13.8. The molecule has 23 heavy (non-hydrogen) atoms.